The Balaban J connectivity index is 1.99. The van der Waals surface area contributed by atoms with E-state index in [0.29, 0.717) is 35.0 Å². The summed E-state index contributed by atoms with van der Waals surface area (Å²) in [5, 5.41) is 4.11. The van der Waals surface area contributed by atoms with Crippen LogP contribution in [0, 0.1) is 5.92 Å². The van der Waals surface area contributed by atoms with Crippen molar-refractivity contribution < 1.29 is 14.3 Å². The summed E-state index contributed by atoms with van der Waals surface area (Å²) >= 11 is 6.24. The largest absolute Gasteiger partial charge is 0.493 e. The molecular formula is C17H25ClN2O3. The molecule has 1 saturated heterocycles. The van der Waals surface area contributed by atoms with Gasteiger partial charge in [-0.2, -0.15) is 0 Å². The van der Waals surface area contributed by atoms with Crippen molar-refractivity contribution in [1.29, 1.82) is 0 Å². The lowest BCUT2D eigenvalue weighted by Crippen LogP contribution is -2.49. The van der Waals surface area contributed by atoms with Gasteiger partial charge in [-0.15, -0.1) is 0 Å². The standard InChI is InChI=1S/C17H25ClN2O3/c1-11-10-20(12(2)21)6-5-15(11)19-9-13-7-14(18)17(23-4)16(8-13)22-3/h7-8,11,15,19H,5-6,9-10H2,1-4H3/t11-,15-/m1/s1. The first-order valence-corrected chi connectivity index (χ1v) is 8.23. The van der Waals surface area contributed by atoms with E-state index in [-0.39, 0.29) is 5.91 Å². The van der Waals surface area contributed by atoms with E-state index in [1.165, 1.54) is 0 Å². The highest BCUT2D eigenvalue weighted by Crippen LogP contribution is 2.36. The topological polar surface area (TPSA) is 50.8 Å². The van der Waals surface area contributed by atoms with E-state index in [1.807, 2.05) is 17.0 Å². The first kappa shape index (κ1) is 17.9. The normalized spacial score (nSPS) is 21.2. The van der Waals surface area contributed by atoms with Crippen molar-refractivity contribution in [1.82, 2.24) is 10.2 Å². The van der Waals surface area contributed by atoms with Crippen LogP contribution in [0.15, 0.2) is 12.1 Å². The number of rotatable bonds is 5. The first-order valence-electron chi connectivity index (χ1n) is 7.85. The molecule has 5 nitrogen and oxygen atoms in total. The second-order valence-corrected chi connectivity index (χ2v) is 6.44. The molecule has 2 atom stereocenters. The average Bonchev–Trinajstić information content (AvgIpc) is 2.52. The lowest BCUT2D eigenvalue weighted by atomic mass is 9.93. The Morgan fingerprint density at radius 3 is 2.70 bits per heavy atom. The van der Waals surface area contributed by atoms with E-state index in [9.17, 15) is 4.79 Å². The molecule has 0 radical (unpaired) electrons. The number of carbonyl (C=O) groups is 1. The van der Waals surface area contributed by atoms with Gasteiger partial charge in [0.15, 0.2) is 11.5 Å². The Kier molecular flexibility index (Phi) is 6.13. The molecule has 1 aliphatic rings. The molecule has 1 fully saturated rings. The number of carbonyl (C=O) groups excluding carboxylic acids is 1. The van der Waals surface area contributed by atoms with Gasteiger partial charge in [0.1, 0.15) is 0 Å². The van der Waals surface area contributed by atoms with Crippen molar-refractivity contribution in [2.75, 3.05) is 27.3 Å². The molecule has 1 aromatic rings. The van der Waals surface area contributed by atoms with E-state index >= 15 is 0 Å². The van der Waals surface area contributed by atoms with Crippen LogP contribution < -0.4 is 14.8 Å². The molecule has 128 valence electrons. The maximum Gasteiger partial charge on any atom is 0.219 e. The number of piperidine rings is 1. The zero-order valence-electron chi connectivity index (χ0n) is 14.2. The van der Waals surface area contributed by atoms with Crippen LogP contribution in [0.3, 0.4) is 0 Å². The van der Waals surface area contributed by atoms with Crippen molar-refractivity contribution >= 4 is 17.5 Å². The third-order valence-electron chi connectivity index (χ3n) is 4.41. The minimum Gasteiger partial charge on any atom is -0.493 e. The maximum absolute atomic E-state index is 11.5. The SMILES string of the molecule is COc1cc(CN[C@@H]2CCN(C(C)=O)C[C@H]2C)cc(Cl)c1OC. The van der Waals surface area contributed by atoms with Crippen LogP contribution >= 0.6 is 11.6 Å². The third kappa shape index (κ3) is 4.30. The van der Waals surface area contributed by atoms with Crippen molar-refractivity contribution in [3.63, 3.8) is 0 Å². The predicted molar refractivity (Wildman–Crippen MR) is 91.2 cm³/mol. The van der Waals surface area contributed by atoms with Crippen molar-refractivity contribution in [3.05, 3.63) is 22.7 Å². The average molecular weight is 341 g/mol. The number of hydrogen-bond acceptors (Lipinski definition) is 4. The zero-order valence-corrected chi connectivity index (χ0v) is 14.9. The molecule has 0 bridgehead atoms. The molecule has 0 saturated carbocycles. The monoisotopic (exact) mass is 340 g/mol. The van der Waals surface area contributed by atoms with Crippen LogP contribution in [-0.4, -0.2) is 44.2 Å². The van der Waals surface area contributed by atoms with Crippen molar-refractivity contribution in [2.24, 2.45) is 5.92 Å². The van der Waals surface area contributed by atoms with Crippen LogP contribution in [0.1, 0.15) is 25.8 Å². The lowest BCUT2D eigenvalue weighted by Gasteiger charge is -2.37. The molecule has 1 amide bonds. The Hall–Kier alpha value is -1.46. The van der Waals surface area contributed by atoms with Crippen molar-refractivity contribution in [2.45, 2.75) is 32.9 Å². The quantitative estimate of drug-likeness (QED) is 0.895. The number of amides is 1. The van der Waals surface area contributed by atoms with Gasteiger partial charge in [-0.3, -0.25) is 4.79 Å². The highest BCUT2D eigenvalue weighted by atomic mass is 35.5. The summed E-state index contributed by atoms with van der Waals surface area (Å²) < 4.78 is 10.6. The number of nitrogens with one attached hydrogen (secondary N) is 1. The number of hydrogen-bond donors (Lipinski definition) is 1. The number of halogens is 1. The van der Waals surface area contributed by atoms with Gasteiger partial charge < -0.3 is 19.7 Å². The fourth-order valence-corrected chi connectivity index (χ4v) is 3.37. The Morgan fingerprint density at radius 2 is 2.13 bits per heavy atom. The van der Waals surface area contributed by atoms with Crippen LogP contribution in [0.5, 0.6) is 11.5 Å². The molecule has 0 spiro atoms. The number of benzene rings is 1. The summed E-state index contributed by atoms with van der Waals surface area (Å²) in [6.07, 6.45) is 0.960. The van der Waals surface area contributed by atoms with Crippen LogP contribution in [0.2, 0.25) is 5.02 Å². The summed E-state index contributed by atoms with van der Waals surface area (Å²) in [6, 6.07) is 4.22. The highest BCUT2D eigenvalue weighted by molar-refractivity contribution is 6.32. The number of likely N-dealkylation sites (tertiary alicyclic amines) is 1. The minimum atomic E-state index is 0.155. The van der Waals surface area contributed by atoms with Gasteiger partial charge in [-0.25, -0.2) is 0 Å². The fraction of sp³-hybridized carbons (Fsp3) is 0.588. The molecule has 6 heteroatoms. The molecule has 23 heavy (non-hydrogen) atoms. The second kappa shape index (κ2) is 7.88. The summed E-state index contributed by atoms with van der Waals surface area (Å²) in [5.74, 6) is 1.77. The molecule has 2 rings (SSSR count). The van der Waals surface area contributed by atoms with E-state index in [0.717, 1.165) is 25.1 Å². The summed E-state index contributed by atoms with van der Waals surface area (Å²) in [6.45, 7) is 6.12. The second-order valence-electron chi connectivity index (χ2n) is 6.03. The fourth-order valence-electron chi connectivity index (χ4n) is 3.06. The molecule has 0 aliphatic carbocycles. The molecule has 1 aromatic carbocycles. The molecule has 0 aromatic heterocycles. The van der Waals surface area contributed by atoms with E-state index in [1.54, 1.807) is 21.1 Å². The van der Waals surface area contributed by atoms with E-state index in [4.69, 9.17) is 21.1 Å². The summed E-state index contributed by atoms with van der Waals surface area (Å²) in [4.78, 5) is 13.4. The van der Waals surface area contributed by atoms with Gasteiger partial charge in [0.2, 0.25) is 5.91 Å². The van der Waals surface area contributed by atoms with Gasteiger partial charge in [-0.1, -0.05) is 18.5 Å². The number of methoxy groups -OCH3 is 2. The summed E-state index contributed by atoms with van der Waals surface area (Å²) in [5.41, 5.74) is 1.05. The molecule has 1 N–H and O–H groups in total. The predicted octanol–water partition coefficient (Wildman–Crippen LogP) is 2.70. The smallest absolute Gasteiger partial charge is 0.219 e. The van der Waals surface area contributed by atoms with Crippen LogP contribution in [-0.2, 0) is 11.3 Å². The number of ether oxygens (including phenoxy) is 2. The number of nitrogens with zero attached hydrogens (tertiary/aromatic N) is 1. The lowest BCUT2D eigenvalue weighted by molar-refractivity contribution is -0.130. The minimum absolute atomic E-state index is 0.155. The van der Waals surface area contributed by atoms with Crippen LogP contribution in [0.4, 0.5) is 0 Å². The van der Waals surface area contributed by atoms with Gasteiger partial charge in [0, 0.05) is 32.6 Å². The van der Waals surface area contributed by atoms with E-state index in [2.05, 4.69) is 12.2 Å². The molecule has 1 heterocycles. The highest BCUT2D eigenvalue weighted by Gasteiger charge is 2.26. The van der Waals surface area contributed by atoms with Gasteiger partial charge in [0.05, 0.1) is 19.2 Å². The van der Waals surface area contributed by atoms with Gasteiger partial charge >= 0.3 is 0 Å². The van der Waals surface area contributed by atoms with Gasteiger partial charge in [0.25, 0.3) is 0 Å². The van der Waals surface area contributed by atoms with Crippen molar-refractivity contribution in [3.8, 4) is 11.5 Å². The Bertz CT molecular complexity index is 565. The molecule has 0 unspecified atom stereocenters. The van der Waals surface area contributed by atoms with E-state index < -0.39 is 0 Å². The van der Waals surface area contributed by atoms with Crippen LogP contribution in [0.25, 0.3) is 0 Å². The molecule has 1 aliphatic heterocycles. The summed E-state index contributed by atoms with van der Waals surface area (Å²) in [7, 11) is 3.18. The zero-order chi connectivity index (χ0) is 17.0. The van der Waals surface area contributed by atoms with Gasteiger partial charge in [-0.05, 0) is 30.0 Å². The molecular weight excluding hydrogens is 316 g/mol. The Morgan fingerprint density at radius 1 is 1.39 bits per heavy atom. The maximum atomic E-state index is 11.5. The Labute approximate surface area is 142 Å². The first-order chi connectivity index (χ1) is 11.0. The third-order valence-corrected chi connectivity index (χ3v) is 4.69.